The van der Waals surface area contributed by atoms with Crippen molar-refractivity contribution in [3.8, 4) is 6.07 Å². The molecule has 0 aliphatic carbocycles. The number of hydrogen-bond acceptors (Lipinski definition) is 5. The second kappa shape index (κ2) is 8.85. The van der Waals surface area contributed by atoms with Crippen molar-refractivity contribution in [2.24, 2.45) is 0 Å². The highest BCUT2D eigenvalue weighted by Gasteiger charge is 2.24. The molecule has 1 aromatic carbocycles. The number of rotatable bonds is 7. The molecule has 0 unspecified atom stereocenters. The van der Waals surface area contributed by atoms with Gasteiger partial charge in [-0.3, -0.25) is 4.79 Å². The second-order valence-corrected chi connectivity index (χ2v) is 9.09. The van der Waals surface area contributed by atoms with Crippen LogP contribution in [0.3, 0.4) is 0 Å². The van der Waals surface area contributed by atoms with E-state index in [4.69, 9.17) is 11.6 Å². The van der Waals surface area contributed by atoms with Crippen LogP contribution in [-0.2, 0) is 16.4 Å². The molecule has 0 saturated carbocycles. The Hall–Kier alpha value is -1.92. The number of halogens is 1. The zero-order chi connectivity index (χ0) is 20.2. The molecule has 0 aliphatic heterocycles. The lowest BCUT2D eigenvalue weighted by Gasteiger charge is -2.19. The van der Waals surface area contributed by atoms with Crippen molar-refractivity contribution < 1.29 is 13.2 Å². The first-order valence-corrected chi connectivity index (χ1v) is 11.1. The molecule has 144 valence electrons. The first kappa shape index (κ1) is 21.4. The van der Waals surface area contributed by atoms with E-state index >= 15 is 0 Å². The standard InChI is InChI=1S/C18H20ClN3O3S2/c1-4-13-9-12(11-20)18(26-13)21-17(23)15-10-14(7-8-16(15)19)27(24,25)22(5-2)6-3/h7-10H,4-6H2,1-3H3,(H,21,23). The summed E-state index contributed by atoms with van der Waals surface area (Å²) in [6.45, 7) is 6.09. The molecular weight excluding hydrogens is 406 g/mol. The lowest BCUT2D eigenvalue weighted by atomic mass is 10.2. The van der Waals surface area contributed by atoms with Crippen LogP contribution in [0, 0.1) is 11.3 Å². The van der Waals surface area contributed by atoms with Crippen LogP contribution in [0.2, 0.25) is 5.02 Å². The van der Waals surface area contributed by atoms with Crippen LogP contribution in [0.15, 0.2) is 29.2 Å². The molecule has 0 fully saturated rings. The summed E-state index contributed by atoms with van der Waals surface area (Å²) in [7, 11) is -3.71. The molecule has 6 nitrogen and oxygen atoms in total. The summed E-state index contributed by atoms with van der Waals surface area (Å²) in [6.07, 6.45) is 0.744. The summed E-state index contributed by atoms with van der Waals surface area (Å²) in [5.74, 6) is -0.558. The van der Waals surface area contributed by atoms with Crippen LogP contribution in [0.4, 0.5) is 5.00 Å². The number of nitrogens with one attached hydrogen (secondary N) is 1. The fraction of sp³-hybridized carbons (Fsp3) is 0.333. The predicted octanol–water partition coefficient (Wildman–Crippen LogP) is 4.12. The van der Waals surface area contributed by atoms with Gasteiger partial charge in [0.05, 0.1) is 21.0 Å². The minimum Gasteiger partial charge on any atom is -0.312 e. The number of hydrogen-bond donors (Lipinski definition) is 1. The lowest BCUT2D eigenvalue weighted by molar-refractivity contribution is 0.102. The molecule has 0 spiro atoms. The smallest absolute Gasteiger partial charge is 0.257 e. The van der Waals surface area contributed by atoms with Crippen molar-refractivity contribution in [1.29, 1.82) is 5.26 Å². The number of carbonyl (C=O) groups is 1. The molecule has 1 N–H and O–H groups in total. The Morgan fingerprint density at radius 3 is 2.48 bits per heavy atom. The van der Waals surface area contributed by atoms with Crippen molar-refractivity contribution >= 4 is 43.9 Å². The Kier molecular flexibility index (Phi) is 7.00. The van der Waals surface area contributed by atoms with E-state index in [0.29, 0.717) is 23.7 Å². The van der Waals surface area contributed by atoms with Crippen molar-refractivity contribution in [2.75, 3.05) is 18.4 Å². The van der Waals surface area contributed by atoms with E-state index < -0.39 is 15.9 Å². The van der Waals surface area contributed by atoms with Crippen molar-refractivity contribution in [3.05, 3.63) is 45.3 Å². The quantitative estimate of drug-likeness (QED) is 0.722. The number of nitriles is 1. The first-order valence-electron chi connectivity index (χ1n) is 8.42. The SMILES string of the molecule is CCc1cc(C#N)c(NC(=O)c2cc(S(=O)(=O)N(CC)CC)ccc2Cl)s1. The molecule has 2 aromatic rings. The van der Waals surface area contributed by atoms with Crippen molar-refractivity contribution in [3.63, 3.8) is 0 Å². The predicted molar refractivity (Wildman–Crippen MR) is 108 cm³/mol. The maximum Gasteiger partial charge on any atom is 0.257 e. The number of aryl methyl sites for hydroxylation is 1. The zero-order valence-corrected chi connectivity index (χ0v) is 17.6. The normalized spacial score (nSPS) is 11.4. The fourth-order valence-corrected chi connectivity index (χ4v) is 5.14. The molecular formula is C18H20ClN3O3S2. The fourth-order valence-electron chi connectivity index (χ4n) is 2.51. The molecule has 0 bridgehead atoms. The summed E-state index contributed by atoms with van der Waals surface area (Å²) < 4.78 is 26.7. The minimum atomic E-state index is -3.71. The monoisotopic (exact) mass is 425 g/mol. The summed E-state index contributed by atoms with van der Waals surface area (Å²) in [4.78, 5) is 13.6. The molecule has 0 saturated heterocycles. The second-order valence-electron chi connectivity index (χ2n) is 5.61. The van der Waals surface area contributed by atoms with Crippen LogP contribution in [0.1, 0.15) is 41.6 Å². The highest BCUT2D eigenvalue weighted by molar-refractivity contribution is 7.89. The van der Waals surface area contributed by atoms with E-state index in [2.05, 4.69) is 5.32 Å². The van der Waals surface area contributed by atoms with Gasteiger partial charge in [-0.1, -0.05) is 32.4 Å². The maximum atomic E-state index is 12.7. The Labute approximate surface area is 168 Å². The first-order chi connectivity index (χ1) is 12.8. The highest BCUT2D eigenvalue weighted by Crippen LogP contribution is 2.30. The summed E-state index contributed by atoms with van der Waals surface area (Å²) in [6, 6.07) is 7.82. The molecule has 9 heteroatoms. The van der Waals surface area contributed by atoms with Gasteiger partial charge in [0.2, 0.25) is 10.0 Å². The van der Waals surface area contributed by atoms with Gasteiger partial charge in [-0.05, 0) is 30.7 Å². The average molecular weight is 426 g/mol. The van der Waals surface area contributed by atoms with Crippen molar-refractivity contribution in [2.45, 2.75) is 32.1 Å². The van der Waals surface area contributed by atoms with E-state index in [0.717, 1.165) is 11.3 Å². The van der Waals surface area contributed by atoms with E-state index in [1.54, 1.807) is 19.9 Å². The van der Waals surface area contributed by atoms with Crippen LogP contribution >= 0.6 is 22.9 Å². The topological polar surface area (TPSA) is 90.3 Å². The highest BCUT2D eigenvalue weighted by atomic mass is 35.5. The van der Waals surface area contributed by atoms with E-state index in [-0.39, 0.29) is 15.5 Å². The van der Waals surface area contributed by atoms with Gasteiger partial charge in [0, 0.05) is 18.0 Å². The average Bonchev–Trinajstić information content (AvgIpc) is 3.04. The summed E-state index contributed by atoms with van der Waals surface area (Å²) in [5, 5.41) is 12.5. The number of sulfonamides is 1. The summed E-state index contributed by atoms with van der Waals surface area (Å²) >= 11 is 7.44. The Morgan fingerprint density at radius 1 is 1.26 bits per heavy atom. The van der Waals surface area contributed by atoms with Crippen LogP contribution in [-0.4, -0.2) is 31.7 Å². The van der Waals surface area contributed by atoms with Crippen LogP contribution in [0.25, 0.3) is 0 Å². The van der Waals surface area contributed by atoms with E-state index in [1.165, 1.54) is 33.8 Å². The van der Waals surface area contributed by atoms with Gasteiger partial charge < -0.3 is 5.32 Å². The Balaban J connectivity index is 2.40. The Bertz CT molecular complexity index is 990. The molecule has 1 heterocycles. The van der Waals surface area contributed by atoms with Gasteiger partial charge in [-0.15, -0.1) is 11.3 Å². The van der Waals surface area contributed by atoms with E-state index in [1.807, 2.05) is 13.0 Å². The molecule has 0 atom stereocenters. The number of anilines is 1. The number of thiophene rings is 1. The van der Waals surface area contributed by atoms with Gasteiger partial charge in [0.1, 0.15) is 11.1 Å². The summed E-state index contributed by atoms with van der Waals surface area (Å²) in [5.41, 5.74) is 0.411. The van der Waals surface area contributed by atoms with Crippen LogP contribution < -0.4 is 5.32 Å². The minimum absolute atomic E-state index is 0.00156. The largest absolute Gasteiger partial charge is 0.312 e. The number of benzene rings is 1. The third-order valence-electron chi connectivity index (χ3n) is 4.00. The molecule has 1 amide bonds. The Morgan fingerprint density at radius 2 is 1.93 bits per heavy atom. The van der Waals surface area contributed by atoms with Gasteiger partial charge in [-0.2, -0.15) is 9.57 Å². The molecule has 27 heavy (non-hydrogen) atoms. The zero-order valence-electron chi connectivity index (χ0n) is 15.2. The molecule has 0 aliphatic rings. The third kappa shape index (κ3) is 4.50. The van der Waals surface area contributed by atoms with Gasteiger partial charge >= 0.3 is 0 Å². The molecule has 1 aromatic heterocycles. The third-order valence-corrected chi connectivity index (χ3v) is 7.58. The van der Waals surface area contributed by atoms with Crippen molar-refractivity contribution in [1.82, 2.24) is 4.31 Å². The number of carbonyl (C=O) groups excluding carboxylic acids is 1. The van der Waals surface area contributed by atoms with Gasteiger partial charge in [-0.25, -0.2) is 8.42 Å². The maximum absolute atomic E-state index is 12.7. The molecule has 0 radical (unpaired) electrons. The lowest BCUT2D eigenvalue weighted by Crippen LogP contribution is -2.30. The number of amides is 1. The van der Waals surface area contributed by atoms with Crippen LogP contribution in [0.5, 0.6) is 0 Å². The van der Waals surface area contributed by atoms with Gasteiger partial charge in [0.25, 0.3) is 5.91 Å². The van der Waals surface area contributed by atoms with Gasteiger partial charge in [0.15, 0.2) is 0 Å². The molecule has 2 rings (SSSR count). The number of nitrogens with zero attached hydrogens (tertiary/aromatic N) is 2. The van der Waals surface area contributed by atoms with E-state index in [9.17, 15) is 18.5 Å².